The molecule has 0 aliphatic carbocycles. The van der Waals surface area contributed by atoms with Crippen LogP contribution in [0.15, 0.2) is 30.3 Å². The zero-order valence-corrected chi connectivity index (χ0v) is 20.0. The highest BCUT2D eigenvalue weighted by Crippen LogP contribution is 2.30. The van der Waals surface area contributed by atoms with Gasteiger partial charge in [0.2, 0.25) is 17.7 Å². The summed E-state index contributed by atoms with van der Waals surface area (Å²) >= 11 is 0. The van der Waals surface area contributed by atoms with Crippen molar-refractivity contribution in [2.75, 3.05) is 64.6 Å². The number of ether oxygens (including phenoxy) is 3. The lowest BCUT2D eigenvalue weighted by atomic mass is 10.1. The average Bonchev–Trinajstić information content (AvgIpc) is 3.53. The topological polar surface area (TPSA) is 94.8 Å². The van der Waals surface area contributed by atoms with Crippen molar-refractivity contribution < 1.29 is 27.8 Å². The third kappa shape index (κ3) is 5.09. The third-order valence-electron chi connectivity index (χ3n) is 6.36. The van der Waals surface area contributed by atoms with Gasteiger partial charge in [-0.3, -0.25) is 9.36 Å². The van der Waals surface area contributed by atoms with Gasteiger partial charge in [-0.05, 0) is 18.6 Å². The molecular weight excluding hydrogens is 474 g/mol. The van der Waals surface area contributed by atoms with E-state index in [4.69, 9.17) is 14.2 Å². The van der Waals surface area contributed by atoms with Gasteiger partial charge in [0.1, 0.15) is 12.4 Å². The quantitative estimate of drug-likeness (QED) is 0.464. The second-order valence-corrected chi connectivity index (χ2v) is 8.80. The summed E-state index contributed by atoms with van der Waals surface area (Å²) in [4.78, 5) is 29.2. The molecule has 2 aliphatic rings. The van der Waals surface area contributed by atoms with Crippen LogP contribution < -0.4 is 9.64 Å². The highest BCUT2D eigenvalue weighted by atomic mass is 19.3. The Morgan fingerprint density at radius 2 is 1.97 bits per heavy atom. The molecule has 3 aromatic rings. The van der Waals surface area contributed by atoms with Crippen molar-refractivity contribution in [2.45, 2.75) is 12.8 Å². The number of benzene rings is 1. The Balaban J connectivity index is 1.45. The average molecular weight is 503 g/mol. The summed E-state index contributed by atoms with van der Waals surface area (Å²) in [7, 11) is 1.50. The fourth-order valence-corrected chi connectivity index (χ4v) is 4.54. The molecule has 0 spiro atoms. The van der Waals surface area contributed by atoms with Gasteiger partial charge in [0.05, 0.1) is 30.9 Å². The number of rotatable bonds is 8. The molecule has 2 fully saturated rings. The van der Waals surface area contributed by atoms with Gasteiger partial charge in [-0.2, -0.15) is 9.97 Å². The van der Waals surface area contributed by atoms with Crippen molar-refractivity contribution in [2.24, 2.45) is 5.92 Å². The van der Waals surface area contributed by atoms with Crippen LogP contribution in [0.5, 0.6) is 5.88 Å². The van der Waals surface area contributed by atoms with E-state index < -0.39 is 12.2 Å². The van der Waals surface area contributed by atoms with Gasteiger partial charge < -0.3 is 24.0 Å². The number of amides is 1. The maximum Gasteiger partial charge on any atom is 0.296 e. The number of methoxy groups -OCH3 is 1. The van der Waals surface area contributed by atoms with Crippen molar-refractivity contribution in [3.63, 3.8) is 0 Å². The molecule has 2 aliphatic heterocycles. The maximum atomic E-state index is 14.0. The number of nitrogens with zero attached hydrogens (tertiary/aromatic N) is 6. The number of imidazole rings is 1. The van der Waals surface area contributed by atoms with E-state index in [9.17, 15) is 13.6 Å². The molecule has 0 unspecified atom stereocenters. The smallest absolute Gasteiger partial charge is 0.296 e. The van der Waals surface area contributed by atoms with Crippen LogP contribution in [-0.4, -0.2) is 90.0 Å². The predicted octanol–water partition coefficient (Wildman–Crippen LogP) is 2.46. The monoisotopic (exact) mass is 502 g/mol. The Labute approximate surface area is 206 Å². The number of likely N-dealkylation sites (tertiary alicyclic amines) is 1. The number of fused-ring (bicyclic) bond motifs is 1. The van der Waals surface area contributed by atoms with Gasteiger partial charge in [0, 0.05) is 45.3 Å². The lowest BCUT2D eigenvalue weighted by Gasteiger charge is -2.27. The second-order valence-electron chi connectivity index (χ2n) is 8.80. The molecule has 0 radical (unpaired) electrons. The Bertz CT molecular complexity index is 1220. The van der Waals surface area contributed by atoms with Crippen LogP contribution >= 0.6 is 0 Å². The zero-order chi connectivity index (χ0) is 25.1. The first-order valence-electron chi connectivity index (χ1n) is 11.9. The Kier molecular flexibility index (Phi) is 7.23. The van der Waals surface area contributed by atoms with Gasteiger partial charge >= 0.3 is 0 Å². The summed E-state index contributed by atoms with van der Waals surface area (Å²) in [6, 6.07) is 8.51. The standard InChI is InChI=1S/C24H28F2N6O4/c1-34-15-21(33)31-7-6-16(13-31)14-36-20-12-19(28-24(29-20)30-8-10-35-11-9-30)32-18-5-3-2-4-17(18)27-23(32)22(25)26/h2-5,12,16,22H,6-11,13-15H2,1H3/t16-/m0/s1. The first-order valence-corrected chi connectivity index (χ1v) is 11.9. The van der Waals surface area contributed by atoms with Crippen molar-refractivity contribution in [3.8, 4) is 11.7 Å². The van der Waals surface area contributed by atoms with Crippen LogP contribution in [0.4, 0.5) is 14.7 Å². The van der Waals surface area contributed by atoms with Crippen LogP contribution in [0.2, 0.25) is 0 Å². The molecule has 1 amide bonds. The number of hydrogen-bond acceptors (Lipinski definition) is 8. The SMILES string of the molecule is COCC(=O)N1CC[C@H](COc2cc(-n3c(C(F)F)nc4ccccc43)nc(N3CCOCC3)n2)C1. The molecule has 36 heavy (non-hydrogen) atoms. The van der Waals surface area contributed by atoms with Crippen LogP contribution in [0.1, 0.15) is 18.7 Å². The molecule has 0 N–H and O–H groups in total. The fourth-order valence-electron chi connectivity index (χ4n) is 4.54. The maximum absolute atomic E-state index is 14.0. The molecule has 192 valence electrons. The summed E-state index contributed by atoms with van der Waals surface area (Å²) in [6.45, 7) is 3.80. The highest BCUT2D eigenvalue weighted by molar-refractivity contribution is 5.78. The first kappa shape index (κ1) is 24.3. The number of hydrogen-bond donors (Lipinski definition) is 0. The van der Waals surface area contributed by atoms with Crippen LogP contribution in [0.3, 0.4) is 0 Å². The minimum absolute atomic E-state index is 0.0505. The minimum atomic E-state index is -2.79. The molecule has 12 heteroatoms. The Morgan fingerprint density at radius 3 is 2.75 bits per heavy atom. The molecule has 1 atom stereocenters. The van der Waals surface area contributed by atoms with E-state index in [2.05, 4.69) is 15.0 Å². The zero-order valence-electron chi connectivity index (χ0n) is 20.0. The van der Waals surface area contributed by atoms with Crippen molar-refractivity contribution in [1.29, 1.82) is 0 Å². The number of carbonyl (C=O) groups excluding carboxylic acids is 1. The van der Waals surface area contributed by atoms with Crippen molar-refractivity contribution in [3.05, 3.63) is 36.2 Å². The largest absolute Gasteiger partial charge is 0.477 e. The second kappa shape index (κ2) is 10.7. The van der Waals surface area contributed by atoms with E-state index in [0.717, 1.165) is 6.42 Å². The van der Waals surface area contributed by atoms with Gasteiger partial charge in [0.25, 0.3) is 6.43 Å². The van der Waals surface area contributed by atoms with E-state index in [1.54, 1.807) is 35.2 Å². The first-order chi connectivity index (χ1) is 17.5. The van der Waals surface area contributed by atoms with E-state index in [0.29, 0.717) is 63.0 Å². The molecular formula is C24H28F2N6O4. The minimum Gasteiger partial charge on any atom is -0.477 e. The number of halogens is 2. The van der Waals surface area contributed by atoms with E-state index in [-0.39, 0.29) is 30.1 Å². The van der Waals surface area contributed by atoms with Gasteiger partial charge in [0.15, 0.2) is 5.82 Å². The summed E-state index contributed by atoms with van der Waals surface area (Å²) in [5, 5.41) is 0. The lowest BCUT2D eigenvalue weighted by Crippen LogP contribution is -2.37. The molecule has 0 bridgehead atoms. The number of para-hydroxylation sites is 2. The molecule has 5 rings (SSSR count). The van der Waals surface area contributed by atoms with Gasteiger partial charge in [-0.25, -0.2) is 13.8 Å². The van der Waals surface area contributed by atoms with E-state index >= 15 is 0 Å². The summed E-state index contributed by atoms with van der Waals surface area (Å²) < 4.78 is 45.8. The fraction of sp³-hybridized carbons (Fsp3) is 0.500. The number of morpholine rings is 1. The Morgan fingerprint density at radius 1 is 1.17 bits per heavy atom. The van der Waals surface area contributed by atoms with Gasteiger partial charge in [-0.15, -0.1) is 0 Å². The number of carbonyl (C=O) groups is 1. The van der Waals surface area contributed by atoms with Crippen LogP contribution in [0.25, 0.3) is 16.9 Å². The molecule has 4 heterocycles. The molecule has 1 aromatic carbocycles. The predicted molar refractivity (Wildman–Crippen MR) is 127 cm³/mol. The summed E-state index contributed by atoms with van der Waals surface area (Å²) in [6.07, 6.45) is -2.00. The summed E-state index contributed by atoms with van der Waals surface area (Å²) in [5.41, 5.74) is 0.974. The van der Waals surface area contributed by atoms with Crippen molar-refractivity contribution in [1.82, 2.24) is 24.4 Å². The number of aromatic nitrogens is 4. The summed E-state index contributed by atoms with van der Waals surface area (Å²) in [5.74, 6) is 0.603. The molecule has 10 nitrogen and oxygen atoms in total. The van der Waals surface area contributed by atoms with E-state index in [1.807, 2.05) is 4.90 Å². The van der Waals surface area contributed by atoms with Gasteiger partial charge in [-0.1, -0.05) is 12.1 Å². The molecule has 2 aromatic heterocycles. The number of anilines is 1. The van der Waals surface area contributed by atoms with E-state index in [1.165, 1.54) is 11.7 Å². The number of alkyl halides is 2. The molecule has 2 saturated heterocycles. The normalized spacial score (nSPS) is 18.4. The third-order valence-corrected chi connectivity index (χ3v) is 6.36. The molecule has 0 saturated carbocycles. The lowest BCUT2D eigenvalue weighted by molar-refractivity contribution is -0.134. The Hall–Kier alpha value is -3.38. The highest BCUT2D eigenvalue weighted by Gasteiger charge is 2.28. The van der Waals surface area contributed by atoms with Crippen LogP contribution in [-0.2, 0) is 14.3 Å². The van der Waals surface area contributed by atoms with Crippen molar-refractivity contribution >= 4 is 22.9 Å². The van der Waals surface area contributed by atoms with Crippen LogP contribution in [0, 0.1) is 5.92 Å².